The minimum absolute atomic E-state index is 0. The molecular weight excluding hydrogens is 1400 g/mol. The molecule has 11 rings (SSSR count). The first kappa shape index (κ1) is 76.5. The summed E-state index contributed by atoms with van der Waals surface area (Å²) >= 11 is 22.4. The van der Waals surface area contributed by atoms with Gasteiger partial charge in [-0.2, -0.15) is 0 Å². The highest BCUT2D eigenvalue weighted by Crippen LogP contribution is 2.37. The maximum atomic E-state index is 15.0. The monoisotopic (exact) mass is 1480 g/mol. The summed E-state index contributed by atoms with van der Waals surface area (Å²) in [4.78, 5) is 15.0. The van der Waals surface area contributed by atoms with Crippen LogP contribution in [0.25, 0.3) is 0 Å². The van der Waals surface area contributed by atoms with Crippen molar-refractivity contribution in [3.8, 4) is 0 Å². The number of nitrogens with one attached hydrogen (secondary N) is 6. The Bertz CT molecular complexity index is 3860. The summed E-state index contributed by atoms with van der Waals surface area (Å²) in [5.74, 6) is -2.61. The number of halogens is 6. The van der Waals surface area contributed by atoms with Gasteiger partial charge in [0.15, 0.2) is 15.4 Å². The molecule has 0 spiro atoms. The summed E-state index contributed by atoms with van der Waals surface area (Å²) in [6.07, 6.45) is 16.6. The van der Waals surface area contributed by atoms with Gasteiger partial charge in [0.05, 0.1) is 32.1 Å². The second-order valence-electron chi connectivity index (χ2n) is 22.6. The fourth-order valence-electron chi connectivity index (χ4n) is 11.8. The molecular formula is C65H82Cl3F3N12O6S6. The molecule has 8 aromatic rings. The molecule has 3 heterocycles. The summed E-state index contributed by atoms with van der Waals surface area (Å²) in [7, 11) is -12.4. The molecule has 95 heavy (non-hydrogen) atoms. The predicted octanol–water partition coefficient (Wildman–Crippen LogP) is 16.7. The smallest absolute Gasteiger partial charge is 0.266 e. The molecule has 0 saturated heterocycles. The molecule has 0 radical (unpaired) electrons. The third-order valence-corrected chi connectivity index (χ3v) is 23.9. The van der Waals surface area contributed by atoms with Gasteiger partial charge in [-0.3, -0.25) is 24.0 Å². The number of hydrogen-bond donors (Lipinski definition) is 7. The third-order valence-electron chi connectivity index (χ3n) is 16.4. The first-order valence-electron chi connectivity index (χ1n) is 30.5. The lowest BCUT2D eigenvalue weighted by atomic mass is 9.88. The SMILES string of the molecule is C.C.CCN(Cc1ccccc1)[C@H]1CCCC[C@H]1Nc1cc(F)c(S(=O)(=O)Nc2nccs2)cc1Cl.CCN(Cc1ccccc1)[C@H]1CCCC[C@H]1Nc1cc(F)c(S(=O)(=O)Nc2nccs2)cc1Cl.N[C@H]1CCCC[C@H]1Nc1cc(F)c(S(=O)(=O)Nc2nccs2)cc1Cl. The van der Waals surface area contributed by atoms with E-state index < -0.39 is 62.2 Å². The van der Waals surface area contributed by atoms with Gasteiger partial charge >= 0.3 is 0 Å². The summed E-state index contributed by atoms with van der Waals surface area (Å²) in [6.45, 7) is 7.75. The summed E-state index contributed by atoms with van der Waals surface area (Å²) in [5.41, 5.74) is 9.73. The Kier molecular flexibility index (Phi) is 28.7. The maximum Gasteiger partial charge on any atom is 0.266 e. The van der Waals surface area contributed by atoms with Crippen molar-refractivity contribution in [3.05, 3.63) is 175 Å². The topological polar surface area (TPSA) is 246 Å². The van der Waals surface area contributed by atoms with Gasteiger partial charge in [0.1, 0.15) is 32.1 Å². The fraction of sp³-hybridized carbons (Fsp3) is 0.400. The Morgan fingerprint density at radius 1 is 0.474 bits per heavy atom. The van der Waals surface area contributed by atoms with Crippen LogP contribution in [0.3, 0.4) is 0 Å². The summed E-state index contributed by atoms with van der Waals surface area (Å²) < 4.78 is 127. The van der Waals surface area contributed by atoms with Crippen molar-refractivity contribution in [2.45, 2.75) is 170 Å². The molecule has 30 heteroatoms. The van der Waals surface area contributed by atoms with Crippen molar-refractivity contribution < 1.29 is 38.4 Å². The average Bonchev–Trinajstić information content (AvgIpc) is 1.62. The molecule has 8 N–H and O–H groups in total. The van der Waals surface area contributed by atoms with Gasteiger partial charge in [-0.1, -0.05) is 163 Å². The number of hydrogen-bond acceptors (Lipinski definition) is 18. The lowest BCUT2D eigenvalue weighted by Gasteiger charge is -2.40. The second kappa shape index (κ2) is 35.6. The molecule has 5 aromatic carbocycles. The largest absolute Gasteiger partial charge is 0.379 e. The van der Waals surface area contributed by atoms with Crippen molar-refractivity contribution in [1.29, 1.82) is 0 Å². The van der Waals surface area contributed by atoms with E-state index in [0.29, 0.717) is 17.1 Å². The number of nitrogens with two attached hydrogens (primary N) is 1. The summed E-state index contributed by atoms with van der Waals surface area (Å²) in [6, 6.07) is 28.2. The molecule has 0 unspecified atom stereocenters. The van der Waals surface area contributed by atoms with Crippen LogP contribution in [0, 0.1) is 17.5 Å². The van der Waals surface area contributed by atoms with E-state index in [1.165, 1.54) is 41.9 Å². The number of thiazole rings is 3. The standard InChI is InChI=1S/2C24H28ClFN4O2S2.C15H18ClFN4O2S2.2CH4/c2*1-2-30(16-17-8-4-3-5-9-17)22-11-7-6-10-20(22)28-21-15-19(26)23(14-18(21)25)34(31,32)29-24-27-12-13-33-24;16-9-7-14(25(22,23)21-15-19-5-6-24-15)10(17)8-13(9)20-12-4-2-1-3-11(12)18;;/h2*3-5,8-9,12-15,20,22,28H,2,6-7,10-11,16H2,1H3,(H,27,29);5-8,11-12,20H,1-4,18H2,(H,19,21);2*1H4/t2*20-,22+;11-,12+;;/m110../s1. The first-order chi connectivity index (χ1) is 44.6. The highest BCUT2D eigenvalue weighted by molar-refractivity contribution is 7.93. The van der Waals surface area contributed by atoms with E-state index in [9.17, 15) is 38.4 Å². The molecule has 3 aromatic heterocycles. The van der Waals surface area contributed by atoms with E-state index in [4.69, 9.17) is 40.5 Å². The normalized spacial score (nSPS) is 18.9. The maximum absolute atomic E-state index is 15.0. The number of aromatic nitrogens is 3. The molecule has 0 amide bonds. The van der Waals surface area contributed by atoms with Crippen LogP contribution in [0.5, 0.6) is 0 Å². The first-order valence-corrected chi connectivity index (χ1v) is 38.7. The van der Waals surface area contributed by atoms with Crippen LogP contribution in [-0.2, 0) is 43.2 Å². The van der Waals surface area contributed by atoms with Crippen molar-refractivity contribution >= 4 is 131 Å². The molecule has 3 fully saturated rings. The van der Waals surface area contributed by atoms with Gasteiger partial charge in [-0.05, 0) is 99.1 Å². The number of nitrogens with zero attached hydrogens (tertiary/aromatic N) is 5. The fourth-order valence-corrected chi connectivity index (χ4v) is 18.3. The van der Waals surface area contributed by atoms with Gasteiger partial charge < -0.3 is 21.7 Å². The molecule has 3 saturated carbocycles. The molecule has 0 bridgehead atoms. The second-order valence-corrected chi connectivity index (χ2v) is 31.5. The third kappa shape index (κ3) is 20.9. The summed E-state index contributed by atoms with van der Waals surface area (Å²) in [5, 5.41) is 15.8. The zero-order valence-electron chi connectivity index (χ0n) is 51.0. The van der Waals surface area contributed by atoms with E-state index in [2.05, 4.69) is 93.0 Å². The van der Waals surface area contributed by atoms with E-state index in [0.717, 1.165) is 162 Å². The average molecular weight is 1480 g/mol. The Morgan fingerprint density at radius 2 is 0.779 bits per heavy atom. The van der Waals surface area contributed by atoms with Crippen molar-refractivity contribution in [2.75, 3.05) is 43.2 Å². The van der Waals surface area contributed by atoms with Crippen LogP contribution in [0.2, 0.25) is 15.1 Å². The number of likely N-dealkylation sites (N-methyl/N-ethyl adjacent to an activating group) is 2. The quantitative estimate of drug-likeness (QED) is 0.0315. The van der Waals surface area contributed by atoms with Gasteiger partial charge in [0.25, 0.3) is 30.1 Å². The molecule has 6 atom stereocenters. The van der Waals surface area contributed by atoms with Gasteiger partial charge in [-0.25, -0.2) is 53.4 Å². The van der Waals surface area contributed by atoms with Crippen LogP contribution in [0.15, 0.2) is 146 Å². The van der Waals surface area contributed by atoms with Crippen LogP contribution < -0.4 is 35.9 Å². The van der Waals surface area contributed by atoms with Crippen molar-refractivity contribution in [3.63, 3.8) is 0 Å². The highest BCUT2D eigenvalue weighted by Gasteiger charge is 2.34. The molecule has 516 valence electrons. The Hall–Kier alpha value is -5.82. The minimum Gasteiger partial charge on any atom is -0.379 e. The predicted molar refractivity (Wildman–Crippen MR) is 385 cm³/mol. The zero-order chi connectivity index (χ0) is 66.3. The number of rotatable bonds is 23. The van der Waals surface area contributed by atoms with E-state index in [1.54, 1.807) is 16.1 Å². The van der Waals surface area contributed by atoms with E-state index in [-0.39, 0.29) is 81.6 Å². The molecule has 18 nitrogen and oxygen atoms in total. The Balaban J connectivity index is 0.000000202. The van der Waals surface area contributed by atoms with Gasteiger partial charge in [0, 0.05) is 84.1 Å². The zero-order valence-corrected chi connectivity index (χ0v) is 58.1. The molecule has 3 aliphatic rings. The lowest BCUT2D eigenvalue weighted by molar-refractivity contribution is 0.144. The number of anilines is 6. The van der Waals surface area contributed by atoms with Crippen LogP contribution >= 0.6 is 68.8 Å². The van der Waals surface area contributed by atoms with Crippen LogP contribution in [-0.4, -0.2) is 99.3 Å². The van der Waals surface area contributed by atoms with E-state index >= 15 is 0 Å². The lowest BCUT2D eigenvalue weighted by Crippen LogP contribution is -2.48. The Morgan fingerprint density at radius 3 is 1.08 bits per heavy atom. The van der Waals surface area contributed by atoms with Crippen LogP contribution in [0.4, 0.5) is 45.6 Å². The highest BCUT2D eigenvalue weighted by atomic mass is 35.5. The number of benzene rings is 5. The van der Waals surface area contributed by atoms with Gasteiger partial charge in [-0.15, -0.1) is 34.0 Å². The van der Waals surface area contributed by atoms with Crippen molar-refractivity contribution in [1.82, 2.24) is 24.8 Å². The van der Waals surface area contributed by atoms with Gasteiger partial charge in [0.2, 0.25) is 0 Å². The van der Waals surface area contributed by atoms with E-state index in [1.807, 2.05) is 36.4 Å². The number of sulfonamides is 3. The molecule has 0 aliphatic heterocycles. The van der Waals surface area contributed by atoms with Crippen LogP contribution in [0.1, 0.15) is 117 Å². The molecule has 3 aliphatic carbocycles. The minimum atomic E-state index is -4.15. The van der Waals surface area contributed by atoms with Crippen molar-refractivity contribution in [2.24, 2.45) is 5.73 Å². The Labute approximate surface area is 584 Å².